The smallest absolute Gasteiger partial charge is 0.271 e. The molecule has 2 N–H and O–H groups in total. The minimum atomic E-state index is -0.226. The molecule has 0 aromatic carbocycles. The molecule has 1 aliphatic rings. The van der Waals surface area contributed by atoms with Gasteiger partial charge in [-0.3, -0.25) is 4.79 Å². The van der Waals surface area contributed by atoms with E-state index in [1.54, 1.807) is 0 Å². The average Bonchev–Trinajstić information content (AvgIpc) is 2.26. The van der Waals surface area contributed by atoms with Gasteiger partial charge in [0.15, 0.2) is 0 Å². The van der Waals surface area contributed by atoms with Crippen molar-refractivity contribution in [3.05, 3.63) is 22.7 Å². The fourth-order valence-corrected chi connectivity index (χ4v) is 1.81. The van der Waals surface area contributed by atoms with Crippen molar-refractivity contribution in [1.29, 1.82) is 0 Å². The molecule has 0 radical (unpaired) electrons. The number of rotatable bonds is 4. The van der Waals surface area contributed by atoms with Gasteiger partial charge in [-0.15, -0.1) is 0 Å². The number of carbonyl (C=O) groups excluding carboxylic acids is 1. The van der Waals surface area contributed by atoms with Crippen LogP contribution in [0, 0.1) is 5.92 Å². The number of halogens is 1. The fourth-order valence-electron chi connectivity index (χ4n) is 1.63. The second kappa shape index (κ2) is 5.63. The number of nitrogens with one attached hydrogen (secondary N) is 2. The maximum absolute atomic E-state index is 12.0. The number of nitrogens with zero attached hydrogens (tertiary/aromatic N) is 2. The van der Waals surface area contributed by atoms with Gasteiger partial charge in [-0.25, -0.2) is 9.97 Å². The minimum absolute atomic E-state index is 0.171. The molecule has 2 rings (SSSR count). The van der Waals surface area contributed by atoms with E-state index in [9.17, 15) is 4.79 Å². The van der Waals surface area contributed by atoms with Crippen LogP contribution in [-0.4, -0.2) is 35.5 Å². The molecule has 0 spiro atoms. The van der Waals surface area contributed by atoms with Gasteiger partial charge in [-0.2, -0.15) is 0 Å². The SMILES string of the molecule is CC(C)c1ncc(Cl)c(C(=O)NCC2CNC2)n1. The van der Waals surface area contributed by atoms with Crippen LogP contribution in [0.2, 0.25) is 5.02 Å². The topological polar surface area (TPSA) is 66.9 Å². The van der Waals surface area contributed by atoms with Crippen molar-refractivity contribution in [2.45, 2.75) is 19.8 Å². The molecule has 1 fully saturated rings. The van der Waals surface area contributed by atoms with E-state index in [-0.39, 0.29) is 17.5 Å². The summed E-state index contributed by atoms with van der Waals surface area (Å²) in [6.45, 7) is 6.52. The molecule has 0 bridgehead atoms. The van der Waals surface area contributed by atoms with Crippen molar-refractivity contribution in [1.82, 2.24) is 20.6 Å². The molecule has 2 heterocycles. The van der Waals surface area contributed by atoms with Crippen LogP contribution in [0.25, 0.3) is 0 Å². The van der Waals surface area contributed by atoms with E-state index in [0.717, 1.165) is 13.1 Å². The summed E-state index contributed by atoms with van der Waals surface area (Å²) in [5.41, 5.74) is 0.266. The highest BCUT2D eigenvalue weighted by Gasteiger charge is 2.20. The fraction of sp³-hybridized carbons (Fsp3) is 0.583. The second-order valence-electron chi connectivity index (χ2n) is 4.81. The van der Waals surface area contributed by atoms with Gasteiger partial charge in [0.2, 0.25) is 0 Å². The van der Waals surface area contributed by atoms with Gasteiger partial charge >= 0.3 is 0 Å². The van der Waals surface area contributed by atoms with Crippen molar-refractivity contribution in [3.63, 3.8) is 0 Å². The highest BCUT2D eigenvalue weighted by atomic mass is 35.5. The summed E-state index contributed by atoms with van der Waals surface area (Å²) < 4.78 is 0. The lowest BCUT2D eigenvalue weighted by Gasteiger charge is -2.27. The van der Waals surface area contributed by atoms with Gasteiger partial charge in [0.05, 0.1) is 11.2 Å². The van der Waals surface area contributed by atoms with Crippen LogP contribution >= 0.6 is 11.6 Å². The molecule has 1 aromatic rings. The molecule has 18 heavy (non-hydrogen) atoms. The molecule has 1 aliphatic heterocycles. The first-order chi connectivity index (χ1) is 8.58. The summed E-state index contributed by atoms with van der Waals surface area (Å²) in [7, 11) is 0. The van der Waals surface area contributed by atoms with E-state index in [1.807, 2.05) is 13.8 Å². The number of hydrogen-bond donors (Lipinski definition) is 2. The summed E-state index contributed by atoms with van der Waals surface area (Å²) >= 11 is 5.96. The first-order valence-corrected chi connectivity index (χ1v) is 6.47. The van der Waals surface area contributed by atoms with Crippen LogP contribution in [0.1, 0.15) is 36.1 Å². The van der Waals surface area contributed by atoms with Gasteiger partial charge in [0.25, 0.3) is 5.91 Å². The predicted molar refractivity (Wildman–Crippen MR) is 69.8 cm³/mol. The average molecular weight is 269 g/mol. The largest absolute Gasteiger partial charge is 0.350 e. The summed E-state index contributed by atoms with van der Waals surface area (Å²) in [6.07, 6.45) is 1.49. The van der Waals surface area contributed by atoms with Crippen LogP contribution in [0.3, 0.4) is 0 Å². The minimum Gasteiger partial charge on any atom is -0.350 e. The lowest BCUT2D eigenvalue weighted by Crippen LogP contribution is -2.48. The van der Waals surface area contributed by atoms with E-state index >= 15 is 0 Å². The Balaban J connectivity index is 2.05. The molecule has 1 amide bonds. The number of amides is 1. The first-order valence-electron chi connectivity index (χ1n) is 6.09. The zero-order valence-corrected chi connectivity index (χ0v) is 11.3. The van der Waals surface area contributed by atoms with E-state index < -0.39 is 0 Å². The summed E-state index contributed by atoms with van der Waals surface area (Å²) in [6, 6.07) is 0. The van der Waals surface area contributed by atoms with Gasteiger partial charge in [0.1, 0.15) is 11.5 Å². The lowest BCUT2D eigenvalue weighted by molar-refractivity contribution is 0.0937. The van der Waals surface area contributed by atoms with Crippen molar-refractivity contribution in [2.24, 2.45) is 5.92 Å². The Bertz CT molecular complexity index is 446. The van der Waals surface area contributed by atoms with E-state index in [0.29, 0.717) is 23.3 Å². The lowest BCUT2D eigenvalue weighted by atomic mass is 10.0. The van der Waals surface area contributed by atoms with Crippen LogP contribution in [0.15, 0.2) is 6.20 Å². The molecule has 5 nitrogen and oxygen atoms in total. The highest BCUT2D eigenvalue weighted by molar-refractivity contribution is 6.33. The maximum atomic E-state index is 12.0. The normalized spacial score (nSPS) is 15.6. The van der Waals surface area contributed by atoms with Crippen LogP contribution in [-0.2, 0) is 0 Å². The third-order valence-electron chi connectivity index (χ3n) is 2.91. The Hall–Kier alpha value is -1.20. The zero-order chi connectivity index (χ0) is 13.1. The Kier molecular flexibility index (Phi) is 4.14. The standard InChI is InChI=1S/C12H17ClN4O/c1-7(2)11-15-6-9(13)10(17-11)12(18)16-5-8-3-14-4-8/h6-8,14H,3-5H2,1-2H3,(H,16,18). The molecular formula is C12H17ClN4O. The zero-order valence-electron chi connectivity index (χ0n) is 10.5. The predicted octanol–water partition coefficient (Wildman–Crippen LogP) is 1.20. The monoisotopic (exact) mass is 268 g/mol. The molecule has 0 atom stereocenters. The third-order valence-corrected chi connectivity index (χ3v) is 3.19. The second-order valence-corrected chi connectivity index (χ2v) is 5.22. The molecular weight excluding hydrogens is 252 g/mol. The third kappa shape index (κ3) is 2.97. The number of carbonyl (C=O) groups is 1. The van der Waals surface area contributed by atoms with E-state index in [4.69, 9.17) is 11.6 Å². The van der Waals surface area contributed by atoms with Crippen molar-refractivity contribution in [3.8, 4) is 0 Å². The summed E-state index contributed by atoms with van der Waals surface area (Å²) in [5.74, 6) is 1.09. The molecule has 98 valence electrons. The molecule has 0 saturated carbocycles. The quantitative estimate of drug-likeness (QED) is 0.861. The number of hydrogen-bond acceptors (Lipinski definition) is 4. The van der Waals surface area contributed by atoms with Crippen LogP contribution in [0.4, 0.5) is 0 Å². The maximum Gasteiger partial charge on any atom is 0.271 e. The Morgan fingerprint density at radius 2 is 2.33 bits per heavy atom. The van der Waals surface area contributed by atoms with Gasteiger partial charge in [0, 0.05) is 31.5 Å². The van der Waals surface area contributed by atoms with Gasteiger partial charge in [-0.1, -0.05) is 25.4 Å². The summed E-state index contributed by atoms with van der Waals surface area (Å²) in [4.78, 5) is 20.3. The van der Waals surface area contributed by atoms with Crippen molar-refractivity contribution >= 4 is 17.5 Å². The Morgan fingerprint density at radius 3 is 2.89 bits per heavy atom. The highest BCUT2D eigenvalue weighted by Crippen LogP contribution is 2.16. The van der Waals surface area contributed by atoms with Crippen LogP contribution in [0.5, 0.6) is 0 Å². The first kappa shape index (κ1) is 13.2. The molecule has 0 aliphatic carbocycles. The van der Waals surface area contributed by atoms with E-state index in [1.165, 1.54) is 6.20 Å². The molecule has 1 aromatic heterocycles. The van der Waals surface area contributed by atoms with Crippen molar-refractivity contribution in [2.75, 3.05) is 19.6 Å². The summed E-state index contributed by atoms with van der Waals surface area (Å²) in [5, 5.41) is 6.31. The van der Waals surface area contributed by atoms with Crippen molar-refractivity contribution < 1.29 is 4.79 Å². The Morgan fingerprint density at radius 1 is 1.61 bits per heavy atom. The Labute approximate surface area is 111 Å². The van der Waals surface area contributed by atoms with Crippen LogP contribution < -0.4 is 10.6 Å². The van der Waals surface area contributed by atoms with Gasteiger partial charge in [-0.05, 0) is 0 Å². The van der Waals surface area contributed by atoms with Gasteiger partial charge < -0.3 is 10.6 Å². The van der Waals surface area contributed by atoms with E-state index in [2.05, 4.69) is 20.6 Å². The number of aromatic nitrogens is 2. The molecule has 0 unspecified atom stereocenters. The molecule has 1 saturated heterocycles. The molecule has 6 heteroatoms.